The largest absolute Gasteiger partial charge is 0.357 e. The van der Waals surface area contributed by atoms with Crippen molar-refractivity contribution in [1.82, 2.24) is 20.6 Å². The molecular weight excluding hydrogens is 511 g/mol. The van der Waals surface area contributed by atoms with E-state index in [0.717, 1.165) is 55.5 Å². The van der Waals surface area contributed by atoms with Crippen LogP contribution in [0, 0.1) is 0 Å². The summed E-state index contributed by atoms with van der Waals surface area (Å²) in [5.41, 5.74) is 2.26. The van der Waals surface area contributed by atoms with Crippen LogP contribution in [0.3, 0.4) is 0 Å². The number of hydrogen-bond donors (Lipinski definition) is 2. The highest BCUT2D eigenvalue weighted by Gasteiger charge is 2.10. The van der Waals surface area contributed by atoms with Crippen molar-refractivity contribution in [2.75, 3.05) is 31.1 Å². The molecule has 1 saturated heterocycles. The molecule has 1 fully saturated rings. The molecule has 0 aromatic carbocycles. The molecule has 3 heterocycles. The molecule has 3 rings (SSSR count). The summed E-state index contributed by atoms with van der Waals surface area (Å²) in [6.07, 6.45) is 9.81. The molecule has 0 atom stereocenters. The highest BCUT2D eigenvalue weighted by atomic mass is 127. The van der Waals surface area contributed by atoms with Gasteiger partial charge < -0.3 is 15.5 Å². The lowest BCUT2D eigenvalue weighted by Gasteiger charge is -2.21. The lowest BCUT2D eigenvalue weighted by atomic mass is 10.2. The Bertz CT molecular complexity index is 758. The van der Waals surface area contributed by atoms with E-state index in [0.29, 0.717) is 11.7 Å². The summed E-state index contributed by atoms with van der Waals surface area (Å²) in [4.78, 5) is 15.9. The third-order valence-electron chi connectivity index (χ3n) is 5.00. The number of nitrogens with one attached hydrogen (secondary N) is 2. The van der Waals surface area contributed by atoms with Gasteiger partial charge in [0, 0.05) is 38.6 Å². The van der Waals surface area contributed by atoms with E-state index in [2.05, 4.69) is 44.6 Å². The van der Waals surface area contributed by atoms with Gasteiger partial charge in [0.1, 0.15) is 11.0 Å². The minimum Gasteiger partial charge on any atom is -0.357 e. The molecule has 0 saturated carbocycles. The summed E-state index contributed by atoms with van der Waals surface area (Å²) in [6.45, 7) is 6.50. The SMILES string of the molecule is CCNC(=NCc1ccc(N2CCCCCC2)nc1)NCCc1ccc(Cl)nc1.I. The van der Waals surface area contributed by atoms with E-state index in [1.165, 1.54) is 25.7 Å². The second-order valence-corrected chi connectivity index (χ2v) is 7.67. The van der Waals surface area contributed by atoms with Crippen molar-refractivity contribution in [3.63, 3.8) is 0 Å². The van der Waals surface area contributed by atoms with E-state index in [1.807, 2.05) is 24.5 Å². The van der Waals surface area contributed by atoms with Crippen LogP contribution in [-0.2, 0) is 13.0 Å². The molecule has 6 nitrogen and oxygen atoms in total. The fraction of sp³-hybridized carbons (Fsp3) is 0.500. The highest BCUT2D eigenvalue weighted by Crippen LogP contribution is 2.17. The highest BCUT2D eigenvalue weighted by molar-refractivity contribution is 14.0. The molecular formula is C22H32ClIN6. The van der Waals surface area contributed by atoms with Crippen LogP contribution >= 0.6 is 35.6 Å². The van der Waals surface area contributed by atoms with Crippen LogP contribution in [0.15, 0.2) is 41.7 Å². The maximum atomic E-state index is 5.83. The molecule has 0 aliphatic carbocycles. The molecule has 0 unspecified atom stereocenters. The maximum absolute atomic E-state index is 5.83. The van der Waals surface area contributed by atoms with Gasteiger partial charge in [0.05, 0.1) is 6.54 Å². The van der Waals surface area contributed by atoms with Gasteiger partial charge in [-0.3, -0.25) is 0 Å². The zero-order valence-electron chi connectivity index (χ0n) is 17.6. The Morgan fingerprint density at radius 1 is 1.00 bits per heavy atom. The average molecular weight is 543 g/mol. The number of rotatable bonds is 7. The van der Waals surface area contributed by atoms with Gasteiger partial charge in [0.2, 0.25) is 0 Å². The Hall–Kier alpha value is -1.61. The minimum absolute atomic E-state index is 0. The summed E-state index contributed by atoms with van der Waals surface area (Å²) < 4.78 is 0. The first kappa shape index (κ1) is 24.7. The lowest BCUT2D eigenvalue weighted by Crippen LogP contribution is -2.38. The van der Waals surface area contributed by atoms with Gasteiger partial charge >= 0.3 is 0 Å². The zero-order chi connectivity index (χ0) is 20.3. The summed E-state index contributed by atoms with van der Waals surface area (Å²) in [6, 6.07) is 8.08. The molecule has 0 spiro atoms. The first-order valence-corrected chi connectivity index (χ1v) is 10.9. The van der Waals surface area contributed by atoms with Crippen LogP contribution in [0.5, 0.6) is 0 Å². The van der Waals surface area contributed by atoms with Crippen LogP contribution in [0.1, 0.15) is 43.7 Å². The third-order valence-corrected chi connectivity index (χ3v) is 5.22. The van der Waals surface area contributed by atoms with Crippen LogP contribution in [-0.4, -0.2) is 42.1 Å². The monoisotopic (exact) mass is 542 g/mol. The summed E-state index contributed by atoms with van der Waals surface area (Å²) in [5, 5.41) is 7.19. The number of hydrogen-bond acceptors (Lipinski definition) is 4. The second-order valence-electron chi connectivity index (χ2n) is 7.29. The Morgan fingerprint density at radius 2 is 1.73 bits per heavy atom. The van der Waals surface area contributed by atoms with Gasteiger partial charge in [0.25, 0.3) is 0 Å². The fourth-order valence-electron chi connectivity index (χ4n) is 3.39. The normalized spacial score (nSPS) is 14.6. The van der Waals surface area contributed by atoms with Gasteiger partial charge in [-0.1, -0.05) is 36.6 Å². The molecule has 2 aromatic heterocycles. The van der Waals surface area contributed by atoms with Crippen LogP contribution < -0.4 is 15.5 Å². The maximum Gasteiger partial charge on any atom is 0.191 e. The fourth-order valence-corrected chi connectivity index (χ4v) is 3.50. The number of aromatic nitrogens is 2. The van der Waals surface area contributed by atoms with Gasteiger partial charge in [-0.25, -0.2) is 15.0 Å². The molecule has 0 bridgehead atoms. The molecule has 30 heavy (non-hydrogen) atoms. The predicted octanol–water partition coefficient (Wildman–Crippen LogP) is 4.43. The minimum atomic E-state index is 0. The van der Waals surface area contributed by atoms with Crippen molar-refractivity contribution < 1.29 is 0 Å². The van der Waals surface area contributed by atoms with Crippen LogP contribution in [0.2, 0.25) is 5.15 Å². The average Bonchev–Trinajstić information content (AvgIpc) is 3.03. The summed E-state index contributed by atoms with van der Waals surface area (Å²) in [5.74, 6) is 1.90. The van der Waals surface area contributed by atoms with Gasteiger partial charge in [0.15, 0.2) is 5.96 Å². The number of halogens is 2. The topological polar surface area (TPSA) is 65.4 Å². The van der Waals surface area contributed by atoms with Gasteiger partial charge in [-0.05, 0) is 49.4 Å². The van der Waals surface area contributed by atoms with Gasteiger partial charge in [-0.2, -0.15) is 0 Å². The second kappa shape index (κ2) is 13.6. The van der Waals surface area contributed by atoms with E-state index in [9.17, 15) is 0 Å². The van der Waals surface area contributed by atoms with E-state index >= 15 is 0 Å². The number of anilines is 1. The van der Waals surface area contributed by atoms with Crippen molar-refractivity contribution in [3.05, 3.63) is 52.9 Å². The van der Waals surface area contributed by atoms with E-state index in [-0.39, 0.29) is 24.0 Å². The standard InChI is InChI=1S/C22H31ClN6.HI/c1-2-24-22(25-12-11-18-7-9-20(23)26-15-18)28-17-19-8-10-21(27-16-19)29-13-5-3-4-6-14-29;/h7-10,15-16H,2-6,11-14,17H2,1H3,(H2,24,25,28);1H. The molecule has 8 heteroatoms. The van der Waals surface area contributed by atoms with Crippen molar-refractivity contribution in [3.8, 4) is 0 Å². The number of nitrogens with zero attached hydrogens (tertiary/aromatic N) is 4. The van der Waals surface area contributed by atoms with E-state index in [4.69, 9.17) is 16.6 Å². The van der Waals surface area contributed by atoms with Crippen molar-refractivity contribution in [1.29, 1.82) is 0 Å². The summed E-state index contributed by atoms with van der Waals surface area (Å²) >= 11 is 5.83. The van der Waals surface area contributed by atoms with E-state index < -0.39 is 0 Å². The molecule has 164 valence electrons. The lowest BCUT2D eigenvalue weighted by molar-refractivity contribution is 0.726. The quantitative estimate of drug-likeness (QED) is 0.235. The third kappa shape index (κ3) is 8.26. The first-order valence-electron chi connectivity index (χ1n) is 10.6. The number of aliphatic imine (C=N–C) groups is 1. The molecule has 1 aliphatic heterocycles. The Labute approximate surface area is 202 Å². The Kier molecular flexibility index (Phi) is 11.2. The van der Waals surface area contributed by atoms with E-state index in [1.54, 1.807) is 0 Å². The molecule has 2 N–H and O–H groups in total. The molecule has 0 radical (unpaired) electrons. The Morgan fingerprint density at radius 3 is 2.37 bits per heavy atom. The Balaban J connectivity index is 0.00000320. The zero-order valence-corrected chi connectivity index (χ0v) is 20.7. The van der Waals surface area contributed by atoms with Crippen molar-refractivity contribution in [2.24, 2.45) is 4.99 Å². The smallest absolute Gasteiger partial charge is 0.191 e. The van der Waals surface area contributed by atoms with Crippen molar-refractivity contribution in [2.45, 2.75) is 45.6 Å². The summed E-state index contributed by atoms with van der Waals surface area (Å²) in [7, 11) is 0. The number of guanidine groups is 1. The van der Waals surface area contributed by atoms with Crippen LogP contribution in [0.25, 0.3) is 0 Å². The van der Waals surface area contributed by atoms with Crippen LogP contribution in [0.4, 0.5) is 5.82 Å². The van der Waals surface area contributed by atoms with Gasteiger partial charge in [-0.15, -0.1) is 24.0 Å². The van der Waals surface area contributed by atoms with Crippen molar-refractivity contribution >= 4 is 47.4 Å². The molecule has 0 amide bonds. The molecule has 2 aromatic rings. The first-order chi connectivity index (χ1) is 14.2. The predicted molar refractivity (Wildman–Crippen MR) is 136 cm³/mol. The number of pyridine rings is 2. The molecule has 1 aliphatic rings.